The zero-order valence-electron chi connectivity index (χ0n) is 6.96. The Labute approximate surface area is 72.3 Å². The highest BCUT2D eigenvalue weighted by atomic mass is 14.9. The molecule has 2 nitrogen and oxygen atoms in total. The van der Waals surface area contributed by atoms with Gasteiger partial charge in [0.2, 0.25) is 0 Å². The fourth-order valence-corrected chi connectivity index (χ4v) is 1.32. The Bertz CT molecular complexity index is 292. The highest BCUT2D eigenvalue weighted by Gasteiger charge is 1.99. The van der Waals surface area contributed by atoms with Crippen molar-refractivity contribution in [1.82, 2.24) is 0 Å². The van der Waals surface area contributed by atoms with Gasteiger partial charge in [-0.05, 0) is 25.0 Å². The average Bonchev–Trinajstić information content (AvgIpc) is 2.06. The molecule has 1 N–H and O–H groups in total. The standard InChI is InChI=1S/C10H12N2/c1-2-6-10-9(5-1)11-7-3-4-8-12-10/h1-2,5-7,12H,3-4,8H2. The predicted molar refractivity (Wildman–Crippen MR) is 52.3 cm³/mol. The maximum atomic E-state index is 4.36. The summed E-state index contributed by atoms with van der Waals surface area (Å²) >= 11 is 0. The molecule has 1 aliphatic rings. The molecular formula is C10H12N2. The molecular weight excluding hydrogens is 148 g/mol. The molecule has 0 aliphatic carbocycles. The van der Waals surface area contributed by atoms with E-state index < -0.39 is 0 Å². The van der Waals surface area contributed by atoms with Crippen LogP contribution in [-0.4, -0.2) is 12.8 Å². The summed E-state index contributed by atoms with van der Waals surface area (Å²) in [5.74, 6) is 0. The van der Waals surface area contributed by atoms with E-state index in [-0.39, 0.29) is 0 Å². The van der Waals surface area contributed by atoms with Crippen LogP contribution in [0.15, 0.2) is 29.3 Å². The van der Waals surface area contributed by atoms with Crippen molar-refractivity contribution >= 4 is 17.6 Å². The number of nitrogens with one attached hydrogen (secondary N) is 1. The van der Waals surface area contributed by atoms with Crippen LogP contribution in [0.25, 0.3) is 0 Å². The smallest absolute Gasteiger partial charge is 0.0857 e. The van der Waals surface area contributed by atoms with Gasteiger partial charge in [-0.2, -0.15) is 0 Å². The summed E-state index contributed by atoms with van der Waals surface area (Å²) < 4.78 is 0. The quantitative estimate of drug-likeness (QED) is 0.619. The fourth-order valence-electron chi connectivity index (χ4n) is 1.32. The molecule has 62 valence electrons. The topological polar surface area (TPSA) is 24.4 Å². The number of rotatable bonds is 0. The van der Waals surface area contributed by atoms with Crippen LogP contribution < -0.4 is 5.32 Å². The van der Waals surface area contributed by atoms with Crippen LogP contribution in [-0.2, 0) is 0 Å². The molecule has 1 aromatic carbocycles. The zero-order valence-corrected chi connectivity index (χ0v) is 6.96. The number of benzene rings is 1. The number of nitrogens with zero attached hydrogens (tertiary/aromatic N) is 1. The van der Waals surface area contributed by atoms with E-state index in [2.05, 4.69) is 16.4 Å². The molecule has 12 heavy (non-hydrogen) atoms. The summed E-state index contributed by atoms with van der Waals surface area (Å²) in [5, 5.41) is 3.35. The third kappa shape index (κ3) is 1.47. The van der Waals surface area contributed by atoms with Crippen LogP contribution in [0.4, 0.5) is 11.4 Å². The van der Waals surface area contributed by atoms with Gasteiger partial charge in [0, 0.05) is 12.8 Å². The van der Waals surface area contributed by atoms with Crippen molar-refractivity contribution in [2.24, 2.45) is 4.99 Å². The number of anilines is 1. The van der Waals surface area contributed by atoms with E-state index in [1.165, 1.54) is 0 Å². The summed E-state index contributed by atoms with van der Waals surface area (Å²) in [6.45, 7) is 1.04. The molecule has 1 aliphatic heterocycles. The largest absolute Gasteiger partial charge is 0.383 e. The Balaban J connectivity index is 2.36. The SMILES string of the molecule is C1=Nc2ccccc2NCCC1. The molecule has 2 heteroatoms. The first-order valence-electron chi connectivity index (χ1n) is 4.32. The van der Waals surface area contributed by atoms with Crippen molar-refractivity contribution in [2.75, 3.05) is 11.9 Å². The van der Waals surface area contributed by atoms with Gasteiger partial charge in [-0.1, -0.05) is 12.1 Å². The third-order valence-electron chi connectivity index (χ3n) is 1.96. The molecule has 0 amide bonds. The van der Waals surface area contributed by atoms with Gasteiger partial charge in [0.1, 0.15) is 0 Å². The minimum absolute atomic E-state index is 1.04. The van der Waals surface area contributed by atoms with Crippen LogP contribution in [0, 0.1) is 0 Å². The third-order valence-corrected chi connectivity index (χ3v) is 1.96. The summed E-state index contributed by atoms with van der Waals surface area (Å²) in [4.78, 5) is 4.36. The van der Waals surface area contributed by atoms with Gasteiger partial charge in [0.15, 0.2) is 0 Å². The number of aliphatic imine (C=N–C) groups is 1. The van der Waals surface area contributed by atoms with Crippen LogP contribution in [0.1, 0.15) is 12.8 Å². The molecule has 0 spiro atoms. The van der Waals surface area contributed by atoms with E-state index in [0.29, 0.717) is 0 Å². The maximum Gasteiger partial charge on any atom is 0.0857 e. The summed E-state index contributed by atoms with van der Waals surface area (Å²) in [6, 6.07) is 8.14. The predicted octanol–water partition coefficient (Wildman–Crippen LogP) is 2.59. The van der Waals surface area contributed by atoms with Gasteiger partial charge < -0.3 is 5.32 Å². The van der Waals surface area contributed by atoms with Gasteiger partial charge in [0.05, 0.1) is 11.4 Å². The van der Waals surface area contributed by atoms with E-state index in [0.717, 1.165) is 30.8 Å². The molecule has 0 atom stereocenters. The van der Waals surface area contributed by atoms with E-state index in [9.17, 15) is 0 Å². The van der Waals surface area contributed by atoms with Gasteiger partial charge >= 0.3 is 0 Å². The fraction of sp³-hybridized carbons (Fsp3) is 0.300. The first kappa shape index (κ1) is 7.35. The molecule has 2 rings (SSSR count). The Morgan fingerprint density at radius 3 is 3.17 bits per heavy atom. The van der Waals surface area contributed by atoms with E-state index in [4.69, 9.17) is 0 Å². The monoisotopic (exact) mass is 160 g/mol. The van der Waals surface area contributed by atoms with Gasteiger partial charge in [-0.15, -0.1) is 0 Å². The summed E-state index contributed by atoms with van der Waals surface area (Å²) in [6.07, 6.45) is 4.23. The van der Waals surface area contributed by atoms with Crippen LogP contribution in [0.5, 0.6) is 0 Å². The zero-order chi connectivity index (χ0) is 8.23. The van der Waals surface area contributed by atoms with Crippen LogP contribution in [0.2, 0.25) is 0 Å². The maximum absolute atomic E-state index is 4.36. The highest BCUT2D eigenvalue weighted by Crippen LogP contribution is 2.24. The minimum atomic E-state index is 1.04. The Hall–Kier alpha value is -1.31. The van der Waals surface area contributed by atoms with Gasteiger partial charge in [-0.25, -0.2) is 0 Å². The number of hydrogen-bond donors (Lipinski definition) is 1. The van der Waals surface area contributed by atoms with Crippen molar-refractivity contribution in [3.63, 3.8) is 0 Å². The van der Waals surface area contributed by atoms with Crippen molar-refractivity contribution in [3.05, 3.63) is 24.3 Å². The normalized spacial score (nSPS) is 15.7. The Morgan fingerprint density at radius 2 is 2.17 bits per heavy atom. The summed E-state index contributed by atoms with van der Waals surface area (Å²) in [7, 11) is 0. The molecule has 0 bridgehead atoms. The second-order valence-corrected chi connectivity index (χ2v) is 2.90. The lowest BCUT2D eigenvalue weighted by molar-refractivity contribution is 0.919. The van der Waals surface area contributed by atoms with E-state index in [1.54, 1.807) is 0 Å². The Kier molecular flexibility index (Phi) is 2.08. The molecule has 1 aromatic rings. The lowest BCUT2D eigenvalue weighted by atomic mass is 10.2. The molecule has 0 unspecified atom stereocenters. The first-order chi connectivity index (χ1) is 5.97. The molecule has 0 radical (unpaired) electrons. The molecule has 0 fully saturated rings. The first-order valence-corrected chi connectivity index (χ1v) is 4.32. The lowest BCUT2D eigenvalue weighted by Crippen LogP contribution is -2.03. The second kappa shape index (κ2) is 3.39. The lowest BCUT2D eigenvalue weighted by Gasteiger charge is -2.10. The number of para-hydroxylation sites is 2. The van der Waals surface area contributed by atoms with Crippen LogP contribution >= 0.6 is 0 Å². The molecule has 0 aromatic heterocycles. The van der Waals surface area contributed by atoms with E-state index >= 15 is 0 Å². The molecule has 0 saturated carbocycles. The second-order valence-electron chi connectivity index (χ2n) is 2.90. The minimum Gasteiger partial charge on any atom is -0.383 e. The highest BCUT2D eigenvalue weighted by molar-refractivity contribution is 5.73. The van der Waals surface area contributed by atoms with Crippen molar-refractivity contribution in [1.29, 1.82) is 0 Å². The van der Waals surface area contributed by atoms with Crippen LogP contribution in [0.3, 0.4) is 0 Å². The van der Waals surface area contributed by atoms with Crippen molar-refractivity contribution in [2.45, 2.75) is 12.8 Å². The number of hydrogen-bond acceptors (Lipinski definition) is 2. The van der Waals surface area contributed by atoms with Crippen molar-refractivity contribution < 1.29 is 0 Å². The molecule has 0 saturated heterocycles. The summed E-state index contributed by atoms with van der Waals surface area (Å²) in [5.41, 5.74) is 2.20. The Morgan fingerprint density at radius 1 is 1.25 bits per heavy atom. The van der Waals surface area contributed by atoms with E-state index in [1.807, 2.05) is 24.4 Å². The molecule has 1 heterocycles. The van der Waals surface area contributed by atoms with Crippen molar-refractivity contribution in [3.8, 4) is 0 Å². The average molecular weight is 160 g/mol. The van der Waals surface area contributed by atoms with Gasteiger partial charge in [-0.3, -0.25) is 4.99 Å². The number of fused-ring (bicyclic) bond motifs is 1. The van der Waals surface area contributed by atoms with Gasteiger partial charge in [0.25, 0.3) is 0 Å².